The summed E-state index contributed by atoms with van der Waals surface area (Å²) in [5.74, 6) is 0.0440. The van der Waals surface area contributed by atoms with E-state index in [0.29, 0.717) is 11.3 Å². The number of oxime groups is 1. The number of halogens is 1. The van der Waals surface area contributed by atoms with Gasteiger partial charge in [0.05, 0.1) is 19.0 Å². The van der Waals surface area contributed by atoms with Gasteiger partial charge < -0.3 is 4.74 Å². The molecule has 0 unspecified atom stereocenters. The number of ether oxygens (including phenoxy) is 1. The lowest BCUT2D eigenvalue weighted by atomic mass is 10.2. The average molecular weight is 288 g/mol. The fourth-order valence-corrected chi connectivity index (χ4v) is 1.60. The molecule has 108 valence electrons. The van der Waals surface area contributed by atoms with Crippen LogP contribution in [0.5, 0.6) is 5.75 Å². The van der Waals surface area contributed by atoms with E-state index in [4.69, 9.17) is 4.74 Å². The molecule has 6 heteroatoms. The van der Waals surface area contributed by atoms with Crippen molar-refractivity contribution in [2.75, 3.05) is 12.4 Å². The molecule has 0 saturated carbocycles. The third-order valence-corrected chi connectivity index (χ3v) is 2.58. The van der Waals surface area contributed by atoms with Crippen LogP contribution in [0.2, 0.25) is 0 Å². The maximum Gasteiger partial charge on any atom is 0.437 e. The molecule has 0 fully saturated rings. The number of amides is 1. The van der Waals surface area contributed by atoms with Gasteiger partial charge in [0.2, 0.25) is 0 Å². The molecule has 0 aliphatic heterocycles. The number of nitrogens with one attached hydrogen (secondary N) is 1. The van der Waals surface area contributed by atoms with Gasteiger partial charge in [0.15, 0.2) is 0 Å². The number of methoxy groups -OCH3 is 1. The van der Waals surface area contributed by atoms with E-state index in [1.54, 1.807) is 24.3 Å². The van der Waals surface area contributed by atoms with Crippen LogP contribution in [0.15, 0.2) is 53.7 Å². The maximum atomic E-state index is 13.3. The number of hydrogen-bond acceptors (Lipinski definition) is 4. The van der Waals surface area contributed by atoms with Gasteiger partial charge in [0, 0.05) is 5.56 Å². The van der Waals surface area contributed by atoms with Crippen LogP contribution in [0, 0.1) is 5.82 Å². The summed E-state index contributed by atoms with van der Waals surface area (Å²) in [6.07, 6.45) is 0.450. The van der Waals surface area contributed by atoms with Crippen LogP contribution in [-0.4, -0.2) is 19.4 Å². The Morgan fingerprint density at radius 1 is 1.19 bits per heavy atom. The smallest absolute Gasteiger partial charge is 0.437 e. The normalized spacial score (nSPS) is 10.4. The molecule has 21 heavy (non-hydrogen) atoms. The van der Waals surface area contributed by atoms with Crippen molar-refractivity contribution in [3.8, 4) is 5.75 Å². The van der Waals surface area contributed by atoms with Crippen LogP contribution in [0.4, 0.5) is 14.9 Å². The highest BCUT2D eigenvalue weighted by Gasteiger charge is 2.06. The van der Waals surface area contributed by atoms with Crippen molar-refractivity contribution in [2.24, 2.45) is 5.16 Å². The number of benzene rings is 2. The first kappa shape index (κ1) is 14.5. The lowest BCUT2D eigenvalue weighted by Gasteiger charge is -2.04. The van der Waals surface area contributed by atoms with Crippen LogP contribution in [0.3, 0.4) is 0 Å². The number of nitrogens with zero attached hydrogens (tertiary/aromatic N) is 1. The average Bonchev–Trinajstić information content (AvgIpc) is 2.50. The first-order valence-corrected chi connectivity index (χ1v) is 6.09. The SMILES string of the molecule is COc1ccccc1/C=N/OC(=O)Nc1ccccc1F. The minimum absolute atomic E-state index is 0.0231. The van der Waals surface area contributed by atoms with Gasteiger partial charge in [0.1, 0.15) is 11.6 Å². The molecule has 1 amide bonds. The molecular weight excluding hydrogens is 275 g/mol. The van der Waals surface area contributed by atoms with Gasteiger partial charge in [-0.2, -0.15) is 0 Å². The largest absolute Gasteiger partial charge is 0.496 e. The molecule has 0 heterocycles. The van der Waals surface area contributed by atoms with E-state index in [0.717, 1.165) is 0 Å². The number of para-hydroxylation sites is 2. The summed E-state index contributed by atoms with van der Waals surface area (Å²) < 4.78 is 18.4. The topological polar surface area (TPSA) is 59.9 Å². The van der Waals surface area contributed by atoms with E-state index in [-0.39, 0.29) is 5.69 Å². The molecule has 0 atom stereocenters. The Morgan fingerprint density at radius 2 is 1.90 bits per heavy atom. The fourth-order valence-electron chi connectivity index (χ4n) is 1.60. The highest BCUT2D eigenvalue weighted by molar-refractivity contribution is 5.87. The molecule has 5 nitrogen and oxygen atoms in total. The van der Waals surface area contributed by atoms with Gasteiger partial charge in [-0.05, 0) is 24.3 Å². The first-order valence-electron chi connectivity index (χ1n) is 6.09. The fraction of sp³-hybridized carbons (Fsp3) is 0.0667. The van der Waals surface area contributed by atoms with Crippen LogP contribution in [-0.2, 0) is 4.84 Å². The third-order valence-electron chi connectivity index (χ3n) is 2.58. The predicted molar refractivity (Wildman–Crippen MR) is 77.1 cm³/mol. The summed E-state index contributed by atoms with van der Waals surface area (Å²) in [7, 11) is 1.53. The molecule has 0 saturated heterocycles. The molecular formula is C15H13FN2O3. The van der Waals surface area contributed by atoms with Gasteiger partial charge >= 0.3 is 6.09 Å². The zero-order valence-corrected chi connectivity index (χ0v) is 11.2. The Bertz CT molecular complexity index is 659. The van der Waals surface area contributed by atoms with Crippen LogP contribution >= 0.6 is 0 Å². The standard InChI is InChI=1S/C15H13FN2O3/c1-20-14-9-5-2-6-11(14)10-17-21-15(19)18-13-8-4-3-7-12(13)16/h2-10H,1H3,(H,18,19)/b17-10+. The number of hydrogen-bond donors (Lipinski definition) is 1. The van der Waals surface area contributed by atoms with Crippen LogP contribution < -0.4 is 10.1 Å². The van der Waals surface area contributed by atoms with E-state index < -0.39 is 11.9 Å². The second kappa shape index (κ2) is 7.04. The van der Waals surface area contributed by atoms with Crippen molar-refractivity contribution in [1.29, 1.82) is 0 Å². The monoisotopic (exact) mass is 288 g/mol. The Hall–Kier alpha value is -2.89. The number of carbonyl (C=O) groups is 1. The minimum Gasteiger partial charge on any atom is -0.496 e. The number of carbonyl (C=O) groups excluding carboxylic acids is 1. The molecule has 0 bridgehead atoms. The third kappa shape index (κ3) is 4.04. The number of rotatable bonds is 4. The highest BCUT2D eigenvalue weighted by Crippen LogP contribution is 2.15. The lowest BCUT2D eigenvalue weighted by molar-refractivity contribution is 0.167. The molecule has 2 aromatic rings. The van der Waals surface area contributed by atoms with Crippen LogP contribution in [0.25, 0.3) is 0 Å². The summed E-state index contributed by atoms with van der Waals surface area (Å²) in [6.45, 7) is 0. The predicted octanol–water partition coefficient (Wildman–Crippen LogP) is 3.42. The molecule has 2 aromatic carbocycles. The van der Waals surface area contributed by atoms with Crippen molar-refractivity contribution in [2.45, 2.75) is 0 Å². The van der Waals surface area contributed by atoms with Gasteiger partial charge in [-0.1, -0.05) is 29.4 Å². The summed E-state index contributed by atoms with van der Waals surface area (Å²) in [6, 6.07) is 12.9. The van der Waals surface area contributed by atoms with E-state index in [1.165, 1.54) is 31.5 Å². The maximum absolute atomic E-state index is 13.3. The first-order chi connectivity index (χ1) is 10.2. The van der Waals surface area contributed by atoms with E-state index in [9.17, 15) is 9.18 Å². The summed E-state index contributed by atoms with van der Waals surface area (Å²) in [5.41, 5.74) is 0.675. The Balaban J connectivity index is 1.95. The zero-order valence-electron chi connectivity index (χ0n) is 11.2. The van der Waals surface area contributed by atoms with Crippen molar-refractivity contribution >= 4 is 18.0 Å². The van der Waals surface area contributed by atoms with Gasteiger partial charge in [-0.15, -0.1) is 0 Å². The molecule has 0 radical (unpaired) electrons. The van der Waals surface area contributed by atoms with E-state index in [1.807, 2.05) is 6.07 Å². The van der Waals surface area contributed by atoms with E-state index in [2.05, 4.69) is 15.3 Å². The van der Waals surface area contributed by atoms with Gasteiger partial charge in [-0.3, -0.25) is 10.2 Å². The summed E-state index contributed by atoms with van der Waals surface area (Å²) >= 11 is 0. The quantitative estimate of drug-likeness (QED) is 0.533. The Labute approximate surface area is 121 Å². The zero-order chi connectivity index (χ0) is 15.1. The summed E-state index contributed by atoms with van der Waals surface area (Å²) in [4.78, 5) is 16.1. The Morgan fingerprint density at radius 3 is 2.67 bits per heavy atom. The highest BCUT2D eigenvalue weighted by atomic mass is 19.1. The molecule has 0 spiro atoms. The molecule has 0 aromatic heterocycles. The van der Waals surface area contributed by atoms with Crippen molar-refractivity contribution in [1.82, 2.24) is 0 Å². The molecule has 1 N–H and O–H groups in total. The number of anilines is 1. The van der Waals surface area contributed by atoms with Gasteiger partial charge in [-0.25, -0.2) is 9.18 Å². The van der Waals surface area contributed by atoms with Gasteiger partial charge in [0.25, 0.3) is 0 Å². The molecule has 0 aliphatic carbocycles. The second-order valence-corrected chi connectivity index (χ2v) is 3.96. The Kier molecular flexibility index (Phi) is 4.87. The molecule has 0 aliphatic rings. The van der Waals surface area contributed by atoms with Crippen molar-refractivity contribution < 1.29 is 18.8 Å². The summed E-state index contributed by atoms with van der Waals surface area (Å²) in [5, 5.41) is 5.78. The van der Waals surface area contributed by atoms with Crippen molar-refractivity contribution in [3.05, 3.63) is 59.9 Å². The van der Waals surface area contributed by atoms with E-state index >= 15 is 0 Å². The second-order valence-electron chi connectivity index (χ2n) is 3.96. The lowest BCUT2D eigenvalue weighted by Crippen LogP contribution is -2.12. The molecule has 2 rings (SSSR count). The van der Waals surface area contributed by atoms with Crippen molar-refractivity contribution in [3.63, 3.8) is 0 Å². The van der Waals surface area contributed by atoms with Crippen LogP contribution in [0.1, 0.15) is 5.56 Å². The minimum atomic E-state index is -0.883.